The van der Waals surface area contributed by atoms with E-state index in [-0.39, 0.29) is 0 Å². The molecule has 3 N–H and O–H groups in total. The lowest BCUT2D eigenvalue weighted by molar-refractivity contribution is 0.895. The monoisotopic (exact) mass is 237 g/mol. The molecule has 0 bridgehead atoms. The van der Waals surface area contributed by atoms with Gasteiger partial charge in [-0.2, -0.15) is 0 Å². The molecule has 0 radical (unpaired) electrons. The number of benzene rings is 2. The van der Waals surface area contributed by atoms with E-state index in [1.807, 2.05) is 6.20 Å². The van der Waals surface area contributed by atoms with Gasteiger partial charge in [0, 0.05) is 12.0 Å². The quantitative estimate of drug-likeness (QED) is 0.736. The Kier molecular flexibility index (Phi) is 2.82. The van der Waals surface area contributed by atoms with Gasteiger partial charge in [-0.25, -0.2) is 4.98 Å². The molecule has 0 atom stereocenters. The van der Waals surface area contributed by atoms with Gasteiger partial charge in [-0.15, -0.1) is 0 Å². The third kappa shape index (κ3) is 2.00. The first-order valence-electron chi connectivity index (χ1n) is 6.10. The van der Waals surface area contributed by atoms with E-state index in [1.165, 1.54) is 10.8 Å². The Morgan fingerprint density at radius 1 is 1.06 bits per heavy atom. The van der Waals surface area contributed by atoms with Gasteiger partial charge in [-0.3, -0.25) is 0 Å². The molecule has 0 saturated heterocycles. The number of nitrogens with one attached hydrogen (secondary N) is 1. The highest BCUT2D eigenvalue weighted by Gasteiger charge is 2.03. The summed E-state index contributed by atoms with van der Waals surface area (Å²) in [7, 11) is 0. The third-order valence-corrected chi connectivity index (χ3v) is 3.07. The van der Waals surface area contributed by atoms with Crippen molar-refractivity contribution in [2.75, 3.05) is 6.54 Å². The van der Waals surface area contributed by atoms with Crippen molar-refractivity contribution in [2.24, 2.45) is 5.73 Å². The van der Waals surface area contributed by atoms with Gasteiger partial charge in [-0.1, -0.05) is 36.4 Å². The first-order chi connectivity index (χ1) is 8.86. The van der Waals surface area contributed by atoms with Crippen LogP contribution in [0.2, 0.25) is 0 Å². The highest BCUT2D eigenvalue weighted by molar-refractivity contribution is 5.86. The van der Waals surface area contributed by atoms with E-state index in [0.29, 0.717) is 6.54 Å². The van der Waals surface area contributed by atoms with Gasteiger partial charge in [-0.05, 0) is 23.4 Å². The molecule has 0 saturated carbocycles. The van der Waals surface area contributed by atoms with Crippen LogP contribution in [0.25, 0.3) is 22.0 Å². The summed E-state index contributed by atoms with van der Waals surface area (Å²) in [5, 5.41) is 2.49. The van der Waals surface area contributed by atoms with Crippen molar-refractivity contribution in [3.05, 3.63) is 54.5 Å². The molecule has 1 heterocycles. The molecule has 0 aliphatic rings. The van der Waals surface area contributed by atoms with E-state index < -0.39 is 0 Å². The first-order valence-corrected chi connectivity index (χ1v) is 6.10. The van der Waals surface area contributed by atoms with Gasteiger partial charge in [0.1, 0.15) is 5.82 Å². The molecule has 0 fully saturated rings. The van der Waals surface area contributed by atoms with Crippen LogP contribution in [0.15, 0.2) is 48.7 Å². The molecule has 0 aliphatic heterocycles. The second-order valence-corrected chi connectivity index (χ2v) is 4.34. The third-order valence-electron chi connectivity index (χ3n) is 3.07. The van der Waals surface area contributed by atoms with Crippen molar-refractivity contribution in [1.82, 2.24) is 9.97 Å². The summed E-state index contributed by atoms with van der Waals surface area (Å²) < 4.78 is 0. The summed E-state index contributed by atoms with van der Waals surface area (Å²) in [4.78, 5) is 7.63. The second-order valence-electron chi connectivity index (χ2n) is 4.34. The summed E-state index contributed by atoms with van der Waals surface area (Å²) in [5.74, 6) is 0.945. The Morgan fingerprint density at radius 2 is 1.89 bits per heavy atom. The zero-order chi connectivity index (χ0) is 12.4. The SMILES string of the molecule is NCCc1ncc(-c2ccc3ccccc3c2)[nH]1. The lowest BCUT2D eigenvalue weighted by atomic mass is 10.1. The van der Waals surface area contributed by atoms with Gasteiger partial charge in [0.2, 0.25) is 0 Å². The zero-order valence-electron chi connectivity index (χ0n) is 10.1. The van der Waals surface area contributed by atoms with E-state index in [0.717, 1.165) is 23.5 Å². The van der Waals surface area contributed by atoms with Crippen LogP contribution in [0.1, 0.15) is 5.82 Å². The van der Waals surface area contributed by atoms with Crippen LogP contribution >= 0.6 is 0 Å². The fourth-order valence-corrected chi connectivity index (χ4v) is 2.13. The van der Waals surface area contributed by atoms with E-state index in [2.05, 4.69) is 52.4 Å². The van der Waals surface area contributed by atoms with Crippen molar-refractivity contribution in [3.63, 3.8) is 0 Å². The number of hydrogen-bond acceptors (Lipinski definition) is 2. The number of aromatic nitrogens is 2. The summed E-state index contributed by atoms with van der Waals surface area (Å²) in [6.45, 7) is 0.616. The van der Waals surface area contributed by atoms with Crippen LogP contribution in [-0.4, -0.2) is 16.5 Å². The van der Waals surface area contributed by atoms with Crippen LogP contribution in [-0.2, 0) is 6.42 Å². The van der Waals surface area contributed by atoms with Crippen LogP contribution < -0.4 is 5.73 Å². The maximum atomic E-state index is 5.52. The Labute approximate surface area is 106 Å². The van der Waals surface area contributed by atoms with Gasteiger partial charge < -0.3 is 10.7 Å². The average Bonchev–Trinajstić information content (AvgIpc) is 2.87. The zero-order valence-corrected chi connectivity index (χ0v) is 10.1. The molecule has 3 rings (SSSR count). The summed E-state index contributed by atoms with van der Waals surface area (Å²) in [6, 6.07) is 14.8. The molecular weight excluding hydrogens is 222 g/mol. The molecule has 2 aromatic carbocycles. The molecule has 0 spiro atoms. The largest absolute Gasteiger partial charge is 0.342 e. The number of aromatic amines is 1. The molecular formula is C15H15N3. The molecule has 3 heteroatoms. The van der Waals surface area contributed by atoms with E-state index in [1.54, 1.807) is 0 Å². The number of nitrogens with zero attached hydrogens (tertiary/aromatic N) is 1. The molecule has 0 aliphatic carbocycles. The van der Waals surface area contributed by atoms with Gasteiger partial charge in [0.25, 0.3) is 0 Å². The lowest BCUT2D eigenvalue weighted by Gasteiger charge is -2.01. The van der Waals surface area contributed by atoms with Crippen LogP contribution in [0, 0.1) is 0 Å². The Bertz CT molecular complexity index is 670. The normalized spacial score (nSPS) is 10.9. The minimum absolute atomic E-state index is 0.616. The van der Waals surface area contributed by atoms with Crippen LogP contribution in [0.5, 0.6) is 0 Å². The minimum Gasteiger partial charge on any atom is -0.342 e. The Hall–Kier alpha value is -2.13. The van der Waals surface area contributed by atoms with Crippen molar-refractivity contribution < 1.29 is 0 Å². The molecule has 1 aromatic heterocycles. The van der Waals surface area contributed by atoms with E-state index >= 15 is 0 Å². The highest BCUT2D eigenvalue weighted by atomic mass is 14.9. The van der Waals surface area contributed by atoms with E-state index in [4.69, 9.17) is 5.73 Å². The van der Waals surface area contributed by atoms with Gasteiger partial charge in [0.05, 0.1) is 11.9 Å². The minimum atomic E-state index is 0.616. The van der Waals surface area contributed by atoms with Gasteiger partial charge >= 0.3 is 0 Å². The number of nitrogens with two attached hydrogens (primary N) is 1. The number of imidazole rings is 1. The Morgan fingerprint density at radius 3 is 2.72 bits per heavy atom. The summed E-state index contributed by atoms with van der Waals surface area (Å²) >= 11 is 0. The predicted molar refractivity (Wildman–Crippen MR) is 74.3 cm³/mol. The average molecular weight is 237 g/mol. The first kappa shape index (κ1) is 11.0. The topological polar surface area (TPSA) is 54.7 Å². The van der Waals surface area contributed by atoms with Crippen LogP contribution in [0.4, 0.5) is 0 Å². The molecule has 0 amide bonds. The van der Waals surface area contributed by atoms with Crippen molar-refractivity contribution in [3.8, 4) is 11.3 Å². The number of H-pyrrole nitrogens is 1. The predicted octanol–water partition coefficient (Wildman–Crippen LogP) is 2.73. The highest BCUT2D eigenvalue weighted by Crippen LogP contribution is 2.23. The number of rotatable bonds is 3. The lowest BCUT2D eigenvalue weighted by Crippen LogP contribution is -2.03. The fraction of sp³-hybridized carbons (Fsp3) is 0.133. The summed E-state index contributed by atoms with van der Waals surface area (Å²) in [6.07, 6.45) is 2.66. The standard InChI is InChI=1S/C15H15N3/c16-8-7-15-17-10-14(18-15)13-6-5-11-3-1-2-4-12(11)9-13/h1-6,9-10H,7-8,16H2,(H,17,18). The maximum absolute atomic E-state index is 5.52. The maximum Gasteiger partial charge on any atom is 0.107 e. The molecule has 3 nitrogen and oxygen atoms in total. The molecule has 3 aromatic rings. The molecule has 90 valence electrons. The Balaban J connectivity index is 2.02. The fourth-order valence-electron chi connectivity index (χ4n) is 2.13. The van der Waals surface area contributed by atoms with Crippen molar-refractivity contribution in [1.29, 1.82) is 0 Å². The molecule has 0 unspecified atom stereocenters. The number of fused-ring (bicyclic) bond motifs is 1. The van der Waals surface area contributed by atoms with Crippen molar-refractivity contribution >= 4 is 10.8 Å². The molecule has 18 heavy (non-hydrogen) atoms. The van der Waals surface area contributed by atoms with Crippen LogP contribution in [0.3, 0.4) is 0 Å². The second kappa shape index (κ2) is 4.63. The van der Waals surface area contributed by atoms with Crippen molar-refractivity contribution in [2.45, 2.75) is 6.42 Å². The van der Waals surface area contributed by atoms with E-state index in [9.17, 15) is 0 Å². The number of hydrogen-bond donors (Lipinski definition) is 2. The summed E-state index contributed by atoms with van der Waals surface area (Å²) in [5.41, 5.74) is 7.73. The smallest absolute Gasteiger partial charge is 0.107 e. The van der Waals surface area contributed by atoms with Gasteiger partial charge in [0.15, 0.2) is 0 Å².